The Kier molecular flexibility index (Phi) is 3.25. The summed E-state index contributed by atoms with van der Waals surface area (Å²) in [4.78, 5) is 21.2. The van der Waals surface area contributed by atoms with Gasteiger partial charge < -0.3 is 4.98 Å². The average Bonchev–Trinajstić information content (AvgIpc) is 2.93. The Morgan fingerprint density at radius 3 is 1.57 bits per heavy atom. The van der Waals surface area contributed by atoms with Gasteiger partial charge in [-0.3, -0.25) is 9.97 Å². The summed E-state index contributed by atoms with van der Waals surface area (Å²) in [7, 11) is 0. The minimum Gasteiger partial charge on any atom is -0.352 e. The molecule has 0 saturated heterocycles. The van der Waals surface area contributed by atoms with Crippen molar-refractivity contribution in [2.45, 2.75) is 27.7 Å². The van der Waals surface area contributed by atoms with Gasteiger partial charge in [-0.2, -0.15) is 0 Å². The van der Waals surface area contributed by atoms with Crippen molar-refractivity contribution in [3.05, 3.63) is 47.3 Å². The summed E-state index contributed by atoms with van der Waals surface area (Å²) in [5.41, 5.74) is 7.25. The van der Waals surface area contributed by atoms with Crippen LogP contribution in [0.5, 0.6) is 0 Å². The zero-order valence-corrected chi connectivity index (χ0v) is 12.6. The topological polar surface area (TPSA) is 67.3 Å². The van der Waals surface area contributed by atoms with Crippen LogP contribution in [0.2, 0.25) is 0 Å². The Bertz CT molecular complexity index is 738. The average molecular weight is 279 g/mol. The normalized spacial score (nSPS) is 10.9. The molecule has 0 aromatic carbocycles. The second-order valence-electron chi connectivity index (χ2n) is 5.18. The number of hydrogen-bond donors (Lipinski definition) is 1. The van der Waals surface area contributed by atoms with Gasteiger partial charge in [-0.15, -0.1) is 0 Å². The summed E-state index contributed by atoms with van der Waals surface area (Å²) in [6.07, 6.45) is 3.55. The van der Waals surface area contributed by atoms with E-state index in [1.807, 2.05) is 39.8 Å². The number of aromatic amines is 1. The van der Waals surface area contributed by atoms with Gasteiger partial charge in [0.2, 0.25) is 0 Å². The van der Waals surface area contributed by atoms with Crippen molar-refractivity contribution in [2.75, 3.05) is 0 Å². The van der Waals surface area contributed by atoms with E-state index in [-0.39, 0.29) is 0 Å². The molecule has 0 spiro atoms. The van der Waals surface area contributed by atoms with Crippen molar-refractivity contribution in [2.24, 2.45) is 0 Å². The van der Waals surface area contributed by atoms with Crippen molar-refractivity contribution in [1.82, 2.24) is 24.9 Å². The maximum absolute atomic E-state index is 4.56. The number of nitrogens with zero attached hydrogens (tertiary/aromatic N) is 4. The van der Waals surface area contributed by atoms with Crippen LogP contribution in [0.3, 0.4) is 0 Å². The quantitative estimate of drug-likeness (QED) is 0.782. The first-order valence-electron chi connectivity index (χ1n) is 6.85. The molecule has 3 aromatic rings. The van der Waals surface area contributed by atoms with Gasteiger partial charge in [0.1, 0.15) is 11.4 Å². The van der Waals surface area contributed by atoms with Crippen LogP contribution in [0, 0.1) is 27.7 Å². The summed E-state index contributed by atoms with van der Waals surface area (Å²) < 4.78 is 0. The first kappa shape index (κ1) is 13.4. The Morgan fingerprint density at radius 1 is 0.714 bits per heavy atom. The summed E-state index contributed by atoms with van der Waals surface area (Å²) in [5.74, 6) is 0. The smallest absolute Gasteiger partial charge is 0.108 e. The molecule has 106 valence electrons. The van der Waals surface area contributed by atoms with Gasteiger partial charge in [-0.05, 0) is 39.8 Å². The molecule has 0 aliphatic carbocycles. The molecule has 5 nitrogen and oxygen atoms in total. The lowest BCUT2D eigenvalue weighted by atomic mass is 10.2. The predicted octanol–water partition coefficient (Wildman–Crippen LogP) is 3.16. The van der Waals surface area contributed by atoms with Gasteiger partial charge in [0.25, 0.3) is 0 Å². The molecule has 0 unspecified atom stereocenters. The molecule has 3 aromatic heterocycles. The summed E-state index contributed by atoms with van der Waals surface area (Å²) in [6.45, 7) is 7.80. The zero-order valence-electron chi connectivity index (χ0n) is 12.6. The summed E-state index contributed by atoms with van der Waals surface area (Å²) >= 11 is 0. The second kappa shape index (κ2) is 5.09. The van der Waals surface area contributed by atoms with Crippen molar-refractivity contribution < 1.29 is 0 Å². The van der Waals surface area contributed by atoms with E-state index in [1.165, 1.54) is 0 Å². The first-order valence-corrected chi connectivity index (χ1v) is 6.85. The third-order valence-electron chi connectivity index (χ3n) is 3.35. The highest BCUT2D eigenvalue weighted by Gasteiger charge is 2.11. The van der Waals surface area contributed by atoms with Gasteiger partial charge in [0, 0.05) is 12.4 Å². The molecule has 0 aliphatic rings. The molecule has 21 heavy (non-hydrogen) atoms. The van der Waals surface area contributed by atoms with Crippen LogP contribution >= 0.6 is 0 Å². The summed E-state index contributed by atoms with van der Waals surface area (Å²) in [5, 5.41) is 0. The Labute approximate surface area is 123 Å². The minimum atomic E-state index is 0.875. The first-order chi connectivity index (χ1) is 10.0. The van der Waals surface area contributed by atoms with E-state index in [0.717, 1.165) is 45.6 Å². The predicted molar refractivity (Wildman–Crippen MR) is 81.8 cm³/mol. The lowest BCUT2D eigenvalue weighted by Gasteiger charge is -2.05. The molecular formula is C16H17N5. The van der Waals surface area contributed by atoms with Gasteiger partial charge >= 0.3 is 0 Å². The number of H-pyrrole nitrogens is 1. The molecule has 0 amide bonds. The SMILES string of the molecule is Cc1cnc(C)c(-c2ccc(-c3nc(C)cnc3C)[nH]2)n1. The fourth-order valence-electron chi connectivity index (χ4n) is 2.26. The van der Waals surface area contributed by atoms with Gasteiger partial charge in [0.15, 0.2) is 0 Å². The van der Waals surface area contributed by atoms with E-state index < -0.39 is 0 Å². The van der Waals surface area contributed by atoms with Crippen LogP contribution in [0.1, 0.15) is 22.8 Å². The van der Waals surface area contributed by atoms with Crippen LogP contribution in [0.15, 0.2) is 24.5 Å². The maximum atomic E-state index is 4.56. The summed E-state index contributed by atoms with van der Waals surface area (Å²) in [6, 6.07) is 4.02. The molecule has 0 bridgehead atoms. The van der Waals surface area contributed by atoms with Crippen LogP contribution in [-0.4, -0.2) is 24.9 Å². The monoisotopic (exact) mass is 279 g/mol. The van der Waals surface area contributed by atoms with Crippen molar-refractivity contribution in [3.8, 4) is 22.8 Å². The van der Waals surface area contributed by atoms with Crippen LogP contribution in [-0.2, 0) is 0 Å². The molecule has 3 heterocycles. The molecule has 0 radical (unpaired) electrons. The van der Waals surface area contributed by atoms with Crippen LogP contribution < -0.4 is 0 Å². The third kappa shape index (κ3) is 2.54. The number of rotatable bonds is 2. The van der Waals surface area contributed by atoms with Crippen LogP contribution in [0.25, 0.3) is 22.8 Å². The molecule has 1 N–H and O–H groups in total. The fraction of sp³-hybridized carbons (Fsp3) is 0.250. The Balaban J connectivity index is 2.08. The van der Waals surface area contributed by atoms with Gasteiger partial charge in [0.05, 0.1) is 34.2 Å². The molecule has 0 aliphatic heterocycles. The van der Waals surface area contributed by atoms with Crippen molar-refractivity contribution >= 4 is 0 Å². The highest BCUT2D eigenvalue weighted by atomic mass is 14.9. The van der Waals surface area contributed by atoms with Gasteiger partial charge in [-0.1, -0.05) is 0 Å². The second-order valence-corrected chi connectivity index (χ2v) is 5.18. The standard InChI is InChI=1S/C16H17N5/c1-9-7-17-11(3)15(19-9)13-5-6-14(21-13)16-12(4)18-8-10(2)20-16/h5-8,21H,1-4H3. The lowest BCUT2D eigenvalue weighted by Crippen LogP contribution is -1.96. The van der Waals surface area contributed by atoms with E-state index in [9.17, 15) is 0 Å². The van der Waals surface area contributed by atoms with E-state index in [2.05, 4.69) is 24.9 Å². The largest absolute Gasteiger partial charge is 0.352 e. The van der Waals surface area contributed by atoms with Crippen molar-refractivity contribution in [3.63, 3.8) is 0 Å². The molecule has 0 fully saturated rings. The Hall–Kier alpha value is -2.56. The highest BCUT2D eigenvalue weighted by molar-refractivity contribution is 5.66. The lowest BCUT2D eigenvalue weighted by molar-refractivity contribution is 1.05. The fourth-order valence-corrected chi connectivity index (χ4v) is 2.26. The van der Waals surface area contributed by atoms with Crippen LogP contribution in [0.4, 0.5) is 0 Å². The molecular weight excluding hydrogens is 262 g/mol. The minimum absolute atomic E-state index is 0.875. The van der Waals surface area contributed by atoms with Gasteiger partial charge in [-0.25, -0.2) is 9.97 Å². The third-order valence-corrected chi connectivity index (χ3v) is 3.35. The number of aryl methyl sites for hydroxylation is 4. The highest BCUT2D eigenvalue weighted by Crippen LogP contribution is 2.25. The molecule has 0 saturated carbocycles. The number of aromatic nitrogens is 5. The number of nitrogens with one attached hydrogen (secondary N) is 1. The number of hydrogen-bond acceptors (Lipinski definition) is 4. The zero-order chi connectivity index (χ0) is 15.0. The molecule has 0 atom stereocenters. The van der Waals surface area contributed by atoms with E-state index in [0.29, 0.717) is 0 Å². The van der Waals surface area contributed by atoms with E-state index >= 15 is 0 Å². The maximum Gasteiger partial charge on any atom is 0.108 e. The van der Waals surface area contributed by atoms with E-state index in [4.69, 9.17) is 0 Å². The Morgan fingerprint density at radius 2 is 1.14 bits per heavy atom. The van der Waals surface area contributed by atoms with E-state index in [1.54, 1.807) is 12.4 Å². The molecule has 3 rings (SSSR count). The molecule has 5 heteroatoms. The van der Waals surface area contributed by atoms with Crippen molar-refractivity contribution in [1.29, 1.82) is 0 Å².